The Balaban J connectivity index is 1.49. The van der Waals surface area contributed by atoms with E-state index in [1.807, 2.05) is 0 Å². The zero-order chi connectivity index (χ0) is 32.9. The Kier molecular flexibility index (Phi) is 10.5. The van der Waals surface area contributed by atoms with Crippen LogP contribution < -0.4 is 10.1 Å². The predicted molar refractivity (Wildman–Crippen MR) is 159 cm³/mol. The van der Waals surface area contributed by atoms with Crippen LogP contribution in [0, 0.1) is 0 Å². The number of ether oxygens (including phenoxy) is 2. The number of likely N-dealkylation sites (tertiary alicyclic amines) is 1. The van der Waals surface area contributed by atoms with Crippen LogP contribution in [0.3, 0.4) is 0 Å². The molecule has 0 saturated carbocycles. The van der Waals surface area contributed by atoms with Gasteiger partial charge in [0.1, 0.15) is 17.4 Å². The number of nitrogens with one attached hydrogen (secondary N) is 1. The molecule has 1 unspecified atom stereocenters. The third kappa shape index (κ3) is 9.24. The number of alkyl halides is 3. The van der Waals surface area contributed by atoms with Gasteiger partial charge in [-0.15, -0.1) is 4.99 Å². The fraction of sp³-hybridized carbons (Fsp3) is 0.414. The highest BCUT2D eigenvalue weighted by Gasteiger charge is 2.37. The van der Waals surface area contributed by atoms with E-state index in [2.05, 4.69) is 20.4 Å². The van der Waals surface area contributed by atoms with Gasteiger partial charge in [0.25, 0.3) is 0 Å². The van der Waals surface area contributed by atoms with Crippen molar-refractivity contribution in [1.29, 1.82) is 0 Å². The molecule has 0 bridgehead atoms. The van der Waals surface area contributed by atoms with E-state index in [-0.39, 0.29) is 42.1 Å². The van der Waals surface area contributed by atoms with E-state index in [9.17, 15) is 27.9 Å². The topological polar surface area (TPSA) is 139 Å². The van der Waals surface area contributed by atoms with E-state index in [0.717, 1.165) is 11.6 Å². The van der Waals surface area contributed by atoms with Crippen molar-refractivity contribution in [1.82, 2.24) is 20.4 Å². The Morgan fingerprint density at radius 2 is 1.91 bits per heavy atom. The maximum absolute atomic E-state index is 14.0. The molecule has 2 heterocycles. The van der Waals surface area contributed by atoms with Crippen LogP contribution in [0.15, 0.2) is 45.9 Å². The molecule has 0 spiro atoms. The molecule has 45 heavy (non-hydrogen) atoms. The van der Waals surface area contributed by atoms with Crippen molar-refractivity contribution in [2.24, 2.45) is 4.99 Å². The number of carbonyl (C=O) groups excluding carboxylic acids is 1. The van der Waals surface area contributed by atoms with Gasteiger partial charge < -0.3 is 24.0 Å². The van der Waals surface area contributed by atoms with E-state index in [1.165, 1.54) is 17.0 Å². The number of rotatable bonds is 7. The number of amides is 2. The Bertz CT molecular complexity index is 1570. The van der Waals surface area contributed by atoms with Gasteiger partial charge in [-0.2, -0.15) is 18.2 Å². The number of hydrogen-bond donors (Lipinski definition) is 2. The summed E-state index contributed by atoms with van der Waals surface area (Å²) in [5, 5.41) is 16.3. The Morgan fingerprint density at radius 1 is 1.16 bits per heavy atom. The largest absolute Gasteiger partial charge is 0.493 e. The Morgan fingerprint density at radius 3 is 2.58 bits per heavy atom. The van der Waals surface area contributed by atoms with E-state index in [0.29, 0.717) is 35.7 Å². The summed E-state index contributed by atoms with van der Waals surface area (Å²) < 4.78 is 58.1. The maximum Gasteiger partial charge on any atom is 0.434 e. The SMILES string of the molecule is CC(C)(C)OC(=O)NC(=NC(=O)O)N1CCCC1c1nc(-c2ccc(OCCCc3ccc(Cl)c(Cl)c3)c(C(F)(F)F)c2)no1. The molecule has 2 aromatic carbocycles. The summed E-state index contributed by atoms with van der Waals surface area (Å²) in [7, 11) is 0. The van der Waals surface area contributed by atoms with Crippen molar-refractivity contribution in [2.45, 2.75) is 64.3 Å². The highest BCUT2D eigenvalue weighted by Crippen LogP contribution is 2.39. The van der Waals surface area contributed by atoms with Crippen LogP contribution in [-0.4, -0.2) is 57.0 Å². The fourth-order valence-corrected chi connectivity index (χ4v) is 4.90. The van der Waals surface area contributed by atoms with Gasteiger partial charge in [-0.3, -0.25) is 5.32 Å². The van der Waals surface area contributed by atoms with E-state index in [1.54, 1.807) is 39.0 Å². The Hall–Kier alpha value is -4.04. The van der Waals surface area contributed by atoms with E-state index in [4.69, 9.17) is 37.2 Å². The van der Waals surface area contributed by atoms with Gasteiger partial charge in [0.2, 0.25) is 17.7 Å². The lowest BCUT2D eigenvalue weighted by atomic mass is 10.1. The first-order valence-electron chi connectivity index (χ1n) is 13.8. The molecule has 2 amide bonds. The van der Waals surface area contributed by atoms with Crippen LogP contribution in [0.2, 0.25) is 10.0 Å². The first-order chi connectivity index (χ1) is 21.1. The molecule has 1 aliphatic rings. The number of nitrogens with zero attached hydrogens (tertiary/aromatic N) is 4. The number of alkyl carbamates (subject to hydrolysis) is 1. The number of hydrogen-bond acceptors (Lipinski definition) is 7. The third-order valence-corrected chi connectivity index (χ3v) is 7.20. The van der Waals surface area contributed by atoms with Gasteiger partial charge in [-0.25, -0.2) is 9.59 Å². The molecule has 0 aliphatic carbocycles. The summed E-state index contributed by atoms with van der Waals surface area (Å²) in [5.41, 5.74) is -0.973. The number of aliphatic imine (C=N–C) groups is 1. The minimum atomic E-state index is -4.74. The molecule has 1 atom stereocenters. The predicted octanol–water partition coefficient (Wildman–Crippen LogP) is 7.77. The van der Waals surface area contributed by atoms with Crippen LogP contribution in [-0.2, 0) is 17.3 Å². The average Bonchev–Trinajstić information content (AvgIpc) is 3.61. The second-order valence-corrected chi connectivity index (χ2v) is 11.9. The second-order valence-electron chi connectivity index (χ2n) is 11.1. The fourth-order valence-electron chi connectivity index (χ4n) is 4.58. The molecule has 3 aromatic rings. The molecule has 2 N–H and O–H groups in total. The van der Waals surface area contributed by atoms with Gasteiger partial charge >= 0.3 is 18.4 Å². The molecule has 1 saturated heterocycles. The highest BCUT2D eigenvalue weighted by atomic mass is 35.5. The monoisotopic (exact) mass is 671 g/mol. The minimum Gasteiger partial charge on any atom is -0.493 e. The van der Waals surface area contributed by atoms with E-state index >= 15 is 0 Å². The van der Waals surface area contributed by atoms with Gasteiger partial charge in [0.15, 0.2) is 0 Å². The van der Waals surface area contributed by atoms with Crippen molar-refractivity contribution in [3.63, 3.8) is 0 Å². The first-order valence-corrected chi connectivity index (χ1v) is 14.6. The quantitative estimate of drug-likeness (QED) is 0.146. The Labute approximate surface area is 266 Å². The third-order valence-electron chi connectivity index (χ3n) is 6.46. The zero-order valence-electron chi connectivity index (χ0n) is 24.5. The molecule has 1 aromatic heterocycles. The lowest BCUT2D eigenvalue weighted by Gasteiger charge is -2.26. The molecule has 1 fully saturated rings. The summed E-state index contributed by atoms with van der Waals surface area (Å²) in [6.07, 6.45) is -5.30. The number of benzene rings is 2. The molecule has 16 heteroatoms. The average molecular weight is 672 g/mol. The normalized spacial score (nSPS) is 15.7. The van der Waals surface area contributed by atoms with Crippen LogP contribution in [0.5, 0.6) is 5.75 Å². The first kappa shape index (κ1) is 33.8. The smallest absolute Gasteiger partial charge is 0.434 e. The van der Waals surface area contributed by atoms with Gasteiger partial charge in [0.05, 0.1) is 22.2 Å². The number of guanidine groups is 1. The number of halogens is 5. The maximum atomic E-state index is 14.0. The van der Waals surface area contributed by atoms with Crippen LogP contribution in [0.25, 0.3) is 11.4 Å². The van der Waals surface area contributed by atoms with Crippen molar-refractivity contribution in [3.05, 3.63) is 63.5 Å². The van der Waals surface area contributed by atoms with Crippen molar-refractivity contribution >= 4 is 41.3 Å². The summed E-state index contributed by atoms with van der Waals surface area (Å²) in [4.78, 5) is 33.0. The molecular weight excluding hydrogens is 642 g/mol. The molecule has 4 rings (SSSR count). The number of carbonyl (C=O) groups is 2. The summed E-state index contributed by atoms with van der Waals surface area (Å²) >= 11 is 11.9. The molecule has 11 nitrogen and oxygen atoms in total. The molecule has 242 valence electrons. The van der Waals surface area contributed by atoms with Crippen LogP contribution in [0.1, 0.15) is 63.1 Å². The van der Waals surface area contributed by atoms with Crippen molar-refractivity contribution in [2.75, 3.05) is 13.2 Å². The number of aryl methyl sites for hydroxylation is 1. The van der Waals surface area contributed by atoms with E-state index < -0.39 is 35.6 Å². The summed E-state index contributed by atoms with van der Waals surface area (Å²) in [6.45, 7) is 5.22. The van der Waals surface area contributed by atoms with Crippen molar-refractivity contribution < 1.29 is 41.9 Å². The van der Waals surface area contributed by atoms with Gasteiger partial charge in [-0.05, 0) is 82.3 Å². The number of aromatic nitrogens is 2. The van der Waals surface area contributed by atoms with Crippen LogP contribution in [0.4, 0.5) is 22.8 Å². The minimum absolute atomic E-state index is 0.00256. The highest BCUT2D eigenvalue weighted by molar-refractivity contribution is 6.42. The number of carboxylic acid groups (broad SMARTS) is 1. The standard InChI is InChI=1S/C29H30Cl2F3N5O6/c1-28(2,3)44-27(42)37-25(36-26(40)41)39-12-4-7-21(39)24-35-23(38-45-24)17-9-11-22(18(15-17)29(32,33)34)43-13-5-6-16-8-10-19(30)20(31)14-16/h8-11,14-15,21H,4-7,12-13H2,1-3H3,(H,40,41)(H,36,37,42). The van der Waals surface area contributed by atoms with Crippen molar-refractivity contribution in [3.8, 4) is 17.1 Å². The molecule has 1 aliphatic heterocycles. The molecular formula is C29H30Cl2F3N5O6. The molecule has 0 radical (unpaired) electrons. The van der Waals surface area contributed by atoms with Gasteiger partial charge in [0, 0.05) is 12.1 Å². The van der Waals surface area contributed by atoms with Gasteiger partial charge in [-0.1, -0.05) is 34.4 Å². The van der Waals surface area contributed by atoms with Crippen LogP contribution >= 0.6 is 23.2 Å². The summed E-state index contributed by atoms with van der Waals surface area (Å²) in [6, 6.07) is 7.87. The lowest BCUT2D eigenvalue weighted by molar-refractivity contribution is -0.138. The lowest BCUT2D eigenvalue weighted by Crippen LogP contribution is -2.46. The summed E-state index contributed by atoms with van der Waals surface area (Å²) in [5.74, 6) is -0.777. The second kappa shape index (κ2) is 13.9. The zero-order valence-corrected chi connectivity index (χ0v) is 26.0.